The SMILES string of the molecule is COc1ccc2cc(C(=O)NC[C@@H](OC)c3ccc(C)s3)[nH]c2c1. The van der Waals surface area contributed by atoms with Crippen LogP contribution in [0.2, 0.25) is 0 Å². The van der Waals surface area contributed by atoms with E-state index in [4.69, 9.17) is 9.47 Å². The molecule has 0 fully saturated rings. The van der Waals surface area contributed by atoms with Crippen molar-refractivity contribution in [1.29, 1.82) is 0 Å². The maximum Gasteiger partial charge on any atom is 0.267 e. The Hall–Kier alpha value is -2.31. The molecule has 0 unspecified atom stereocenters. The van der Waals surface area contributed by atoms with Gasteiger partial charge < -0.3 is 19.8 Å². The van der Waals surface area contributed by atoms with Gasteiger partial charge in [0, 0.05) is 40.4 Å². The highest BCUT2D eigenvalue weighted by atomic mass is 32.1. The van der Waals surface area contributed by atoms with Crippen LogP contribution in [0, 0.1) is 6.92 Å². The standard InChI is InChI=1S/C18H20N2O3S/c1-11-4-7-17(24-11)16(23-3)10-19-18(21)15-8-12-5-6-13(22-2)9-14(12)20-15/h4-9,16,20H,10H2,1-3H3,(H,19,21)/t16-/m1/s1. The molecule has 0 saturated heterocycles. The first-order valence-electron chi connectivity index (χ1n) is 7.65. The Morgan fingerprint density at radius 1 is 1.25 bits per heavy atom. The molecule has 24 heavy (non-hydrogen) atoms. The fourth-order valence-electron chi connectivity index (χ4n) is 2.56. The van der Waals surface area contributed by atoms with Crippen LogP contribution in [0.25, 0.3) is 10.9 Å². The molecule has 0 radical (unpaired) electrons. The van der Waals surface area contributed by atoms with Crippen molar-refractivity contribution in [3.63, 3.8) is 0 Å². The van der Waals surface area contributed by atoms with Crippen molar-refractivity contribution in [1.82, 2.24) is 10.3 Å². The number of hydrogen-bond donors (Lipinski definition) is 2. The molecular formula is C18H20N2O3S. The number of benzene rings is 1. The second-order valence-electron chi connectivity index (χ2n) is 5.52. The summed E-state index contributed by atoms with van der Waals surface area (Å²) < 4.78 is 10.7. The van der Waals surface area contributed by atoms with Crippen LogP contribution in [0.4, 0.5) is 0 Å². The Morgan fingerprint density at radius 2 is 2.08 bits per heavy atom. The minimum atomic E-state index is -0.152. The fourth-order valence-corrected chi connectivity index (χ4v) is 3.52. The maximum absolute atomic E-state index is 12.4. The van der Waals surface area contributed by atoms with Crippen molar-refractivity contribution in [2.24, 2.45) is 0 Å². The highest BCUT2D eigenvalue weighted by Crippen LogP contribution is 2.25. The van der Waals surface area contributed by atoms with Crippen LogP contribution >= 0.6 is 11.3 Å². The number of methoxy groups -OCH3 is 2. The number of carbonyl (C=O) groups is 1. The molecule has 0 bridgehead atoms. The normalized spacial score (nSPS) is 12.3. The van der Waals surface area contributed by atoms with Gasteiger partial charge in [0.05, 0.1) is 7.11 Å². The van der Waals surface area contributed by atoms with Crippen LogP contribution in [0.1, 0.15) is 26.3 Å². The number of H-pyrrole nitrogens is 1. The Morgan fingerprint density at radius 3 is 2.75 bits per heavy atom. The second kappa shape index (κ2) is 7.07. The van der Waals surface area contributed by atoms with Crippen LogP contribution in [-0.2, 0) is 4.74 Å². The van der Waals surface area contributed by atoms with Gasteiger partial charge in [-0.3, -0.25) is 4.79 Å². The number of thiophene rings is 1. The van der Waals surface area contributed by atoms with Crippen LogP contribution < -0.4 is 10.1 Å². The van der Waals surface area contributed by atoms with Crippen molar-refractivity contribution in [3.05, 3.63) is 51.8 Å². The van der Waals surface area contributed by atoms with Crippen molar-refractivity contribution >= 4 is 28.1 Å². The van der Waals surface area contributed by atoms with Gasteiger partial charge in [-0.1, -0.05) is 0 Å². The largest absolute Gasteiger partial charge is 0.497 e. The van der Waals surface area contributed by atoms with Gasteiger partial charge in [-0.25, -0.2) is 0 Å². The van der Waals surface area contributed by atoms with Crippen LogP contribution in [-0.4, -0.2) is 31.7 Å². The Bertz CT molecular complexity index is 853. The summed E-state index contributed by atoms with van der Waals surface area (Å²) in [6.45, 7) is 2.48. The van der Waals surface area contributed by atoms with Gasteiger partial charge in [-0.05, 0) is 37.3 Å². The van der Waals surface area contributed by atoms with E-state index in [9.17, 15) is 4.79 Å². The Balaban J connectivity index is 1.70. The van der Waals surface area contributed by atoms with Crippen molar-refractivity contribution in [2.75, 3.05) is 20.8 Å². The highest BCUT2D eigenvalue weighted by molar-refractivity contribution is 7.12. The lowest BCUT2D eigenvalue weighted by Gasteiger charge is -2.14. The molecule has 2 N–H and O–H groups in total. The van der Waals surface area contributed by atoms with E-state index in [1.54, 1.807) is 25.6 Å². The number of rotatable bonds is 6. The third-order valence-corrected chi connectivity index (χ3v) is 4.98. The van der Waals surface area contributed by atoms with E-state index in [0.717, 1.165) is 21.5 Å². The molecule has 3 aromatic rings. The number of ether oxygens (including phenoxy) is 2. The van der Waals surface area contributed by atoms with E-state index < -0.39 is 0 Å². The van der Waals surface area contributed by atoms with Gasteiger partial charge in [-0.15, -0.1) is 11.3 Å². The minimum Gasteiger partial charge on any atom is -0.497 e. The number of aromatic amines is 1. The molecule has 2 aromatic heterocycles. The molecule has 0 saturated carbocycles. The molecule has 5 nitrogen and oxygen atoms in total. The summed E-state index contributed by atoms with van der Waals surface area (Å²) in [6, 6.07) is 11.6. The molecular weight excluding hydrogens is 324 g/mol. The van der Waals surface area contributed by atoms with E-state index >= 15 is 0 Å². The molecule has 6 heteroatoms. The third kappa shape index (κ3) is 3.44. The quantitative estimate of drug-likeness (QED) is 0.717. The number of nitrogens with one attached hydrogen (secondary N) is 2. The molecule has 3 rings (SSSR count). The first-order valence-corrected chi connectivity index (χ1v) is 8.46. The molecule has 0 aliphatic heterocycles. The Labute approximate surface area is 144 Å². The average Bonchev–Trinajstić information content (AvgIpc) is 3.20. The summed E-state index contributed by atoms with van der Waals surface area (Å²) in [4.78, 5) is 17.9. The number of fused-ring (bicyclic) bond motifs is 1. The van der Waals surface area contributed by atoms with Crippen molar-refractivity contribution in [3.8, 4) is 5.75 Å². The van der Waals surface area contributed by atoms with E-state index in [-0.39, 0.29) is 12.0 Å². The zero-order valence-electron chi connectivity index (χ0n) is 13.9. The van der Waals surface area contributed by atoms with E-state index in [2.05, 4.69) is 23.3 Å². The number of carbonyl (C=O) groups excluding carboxylic acids is 1. The number of aryl methyl sites for hydroxylation is 1. The van der Waals surface area contributed by atoms with Crippen LogP contribution in [0.15, 0.2) is 36.4 Å². The van der Waals surface area contributed by atoms with Crippen LogP contribution in [0.3, 0.4) is 0 Å². The monoisotopic (exact) mass is 344 g/mol. The van der Waals surface area contributed by atoms with Gasteiger partial charge in [0.25, 0.3) is 5.91 Å². The second-order valence-corrected chi connectivity index (χ2v) is 6.84. The van der Waals surface area contributed by atoms with E-state index in [1.807, 2.05) is 30.3 Å². The average molecular weight is 344 g/mol. The number of hydrogen-bond acceptors (Lipinski definition) is 4. The molecule has 0 aliphatic carbocycles. The number of amides is 1. The van der Waals surface area contributed by atoms with Gasteiger partial charge >= 0.3 is 0 Å². The van der Waals surface area contributed by atoms with E-state index in [1.165, 1.54) is 4.88 Å². The smallest absolute Gasteiger partial charge is 0.267 e. The maximum atomic E-state index is 12.4. The minimum absolute atomic E-state index is 0.142. The van der Waals surface area contributed by atoms with Gasteiger partial charge in [0.15, 0.2) is 0 Å². The van der Waals surface area contributed by atoms with Gasteiger partial charge in [-0.2, -0.15) is 0 Å². The third-order valence-electron chi connectivity index (χ3n) is 3.89. The van der Waals surface area contributed by atoms with Gasteiger partial charge in [0.2, 0.25) is 0 Å². The molecule has 126 valence electrons. The summed E-state index contributed by atoms with van der Waals surface area (Å²) in [6.07, 6.45) is -0.142. The van der Waals surface area contributed by atoms with Crippen LogP contribution in [0.5, 0.6) is 5.75 Å². The predicted octanol–water partition coefficient (Wildman–Crippen LogP) is 3.66. The first kappa shape index (κ1) is 16.5. The first-order chi connectivity index (χ1) is 11.6. The Kier molecular flexibility index (Phi) is 4.87. The summed E-state index contributed by atoms with van der Waals surface area (Å²) >= 11 is 1.68. The van der Waals surface area contributed by atoms with Gasteiger partial charge in [0.1, 0.15) is 17.5 Å². The predicted molar refractivity (Wildman–Crippen MR) is 96.0 cm³/mol. The lowest BCUT2D eigenvalue weighted by atomic mass is 10.2. The zero-order valence-corrected chi connectivity index (χ0v) is 14.7. The zero-order chi connectivity index (χ0) is 17.1. The van der Waals surface area contributed by atoms with Crippen molar-refractivity contribution in [2.45, 2.75) is 13.0 Å². The summed E-state index contributed by atoms with van der Waals surface area (Å²) in [7, 11) is 3.27. The lowest BCUT2D eigenvalue weighted by molar-refractivity contribution is 0.0834. The van der Waals surface area contributed by atoms with Crippen molar-refractivity contribution < 1.29 is 14.3 Å². The highest BCUT2D eigenvalue weighted by Gasteiger charge is 2.16. The summed E-state index contributed by atoms with van der Waals surface area (Å²) in [5, 5.41) is 3.90. The summed E-state index contributed by atoms with van der Waals surface area (Å²) in [5.41, 5.74) is 1.40. The molecule has 0 aliphatic rings. The topological polar surface area (TPSA) is 63.4 Å². The molecule has 1 atom stereocenters. The molecule has 1 aromatic carbocycles. The molecule has 0 spiro atoms. The van der Waals surface area contributed by atoms with E-state index in [0.29, 0.717) is 12.2 Å². The molecule has 1 amide bonds. The molecule has 2 heterocycles. The summed E-state index contributed by atoms with van der Waals surface area (Å²) in [5.74, 6) is 0.601. The fraction of sp³-hybridized carbons (Fsp3) is 0.278. The number of aromatic nitrogens is 1. The lowest BCUT2D eigenvalue weighted by Crippen LogP contribution is -2.29.